The van der Waals surface area contributed by atoms with Gasteiger partial charge in [-0.3, -0.25) is 9.59 Å². The van der Waals surface area contributed by atoms with Crippen molar-refractivity contribution in [3.05, 3.63) is 16.0 Å². The molecule has 1 rings (SSSR count). The zero-order valence-electron chi connectivity index (χ0n) is 12.4. The van der Waals surface area contributed by atoms with E-state index in [4.69, 9.17) is 11.1 Å². The van der Waals surface area contributed by atoms with Gasteiger partial charge in [-0.2, -0.15) is 9.94 Å². The number of nitriles is 1. The first-order valence-electron chi connectivity index (χ1n) is 6.27. The van der Waals surface area contributed by atoms with E-state index in [1.165, 1.54) is 6.92 Å². The number of nitrogens with two attached hydrogens (primary N) is 1. The van der Waals surface area contributed by atoms with Gasteiger partial charge in [0, 0.05) is 0 Å². The number of aromatic nitrogens is 3. The zero-order valence-corrected chi connectivity index (χ0v) is 13.2. The summed E-state index contributed by atoms with van der Waals surface area (Å²) in [6, 6.07) is 2.09. The predicted octanol–water partition coefficient (Wildman–Crippen LogP) is -0.193. The van der Waals surface area contributed by atoms with Crippen LogP contribution in [0.1, 0.15) is 26.5 Å². The molecule has 0 saturated carbocycles. The highest BCUT2D eigenvalue weighted by molar-refractivity contribution is 7.99. The minimum absolute atomic E-state index is 0.0155. The molecular formula is C12H18N6O2S. The van der Waals surface area contributed by atoms with Crippen LogP contribution >= 0.6 is 11.8 Å². The van der Waals surface area contributed by atoms with Crippen LogP contribution in [-0.2, 0) is 4.79 Å². The van der Waals surface area contributed by atoms with Crippen molar-refractivity contribution < 1.29 is 4.79 Å². The summed E-state index contributed by atoms with van der Waals surface area (Å²) >= 11 is 0.984. The SMILES string of the molecule is Cc1nnc(SCC(=O)N[C@](C)(C#N)C(C)C)n(N)c1=O. The molecule has 0 aliphatic heterocycles. The number of amides is 1. The quantitative estimate of drug-likeness (QED) is 0.570. The highest BCUT2D eigenvalue weighted by Gasteiger charge is 2.29. The minimum Gasteiger partial charge on any atom is -0.337 e. The number of nitrogens with zero attached hydrogens (tertiary/aromatic N) is 4. The van der Waals surface area contributed by atoms with E-state index < -0.39 is 11.1 Å². The molecule has 0 radical (unpaired) electrons. The molecule has 0 spiro atoms. The third-order valence-corrected chi connectivity index (χ3v) is 4.08. The molecule has 1 heterocycles. The lowest BCUT2D eigenvalue weighted by atomic mass is 9.90. The summed E-state index contributed by atoms with van der Waals surface area (Å²) in [6.45, 7) is 6.85. The van der Waals surface area contributed by atoms with Crippen LogP contribution < -0.4 is 16.7 Å². The van der Waals surface area contributed by atoms with Crippen molar-refractivity contribution in [3.63, 3.8) is 0 Å². The molecule has 1 atom stereocenters. The second kappa shape index (κ2) is 6.58. The normalized spacial score (nSPS) is 13.5. The van der Waals surface area contributed by atoms with Gasteiger partial charge in [-0.25, -0.2) is 0 Å². The Bertz CT molecular complexity index is 636. The lowest BCUT2D eigenvalue weighted by Gasteiger charge is -2.27. The number of rotatable bonds is 5. The van der Waals surface area contributed by atoms with Gasteiger partial charge in [0.25, 0.3) is 5.56 Å². The standard InChI is InChI=1S/C12H18N6O2S/c1-7(2)12(4,6-13)15-9(19)5-21-11-17-16-8(3)10(20)18(11)14/h7H,5,14H2,1-4H3,(H,15,19)/t12-/m1/s1. The molecule has 0 aromatic carbocycles. The number of carbonyl (C=O) groups excluding carboxylic acids is 1. The summed E-state index contributed by atoms with van der Waals surface area (Å²) in [5.74, 6) is 5.17. The first-order chi connectivity index (χ1) is 9.71. The van der Waals surface area contributed by atoms with E-state index in [0.717, 1.165) is 16.4 Å². The number of nitrogens with one attached hydrogen (secondary N) is 1. The third kappa shape index (κ3) is 3.95. The molecule has 0 saturated heterocycles. The predicted molar refractivity (Wildman–Crippen MR) is 78.9 cm³/mol. The first-order valence-corrected chi connectivity index (χ1v) is 7.26. The van der Waals surface area contributed by atoms with Gasteiger partial charge < -0.3 is 11.2 Å². The van der Waals surface area contributed by atoms with Crippen molar-refractivity contribution >= 4 is 17.7 Å². The molecule has 0 aliphatic carbocycles. The smallest absolute Gasteiger partial charge is 0.294 e. The molecule has 9 heteroatoms. The van der Waals surface area contributed by atoms with Gasteiger partial charge in [0.1, 0.15) is 11.2 Å². The van der Waals surface area contributed by atoms with Crippen LogP contribution in [0.4, 0.5) is 0 Å². The molecule has 0 fully saturated rings. The second-order valence-electron chi connectivity index (χ2n) is 5.05. The van der Waals surface area contributed by atoms with E-state index in [-0.39, 0.29) is 28.4 Å². The average Bonchev–Trinajstić information content (AvgIpc) is 2.43. The molecule has 1 amide bonds. The van der Waals surface area contributed by atoms with Crippen LogP contribution in [0.25, 0.3) is 0 Å². The maximum Gasteiger partial charge on any atom is 0.294 e. The van der Waals surface area contributed by atoms with Crippen molar-refractivity contribution in [1.82, 2.24) is 20.2 Å². The number of hydrogen-bond donors (Lipinski definition) is 2. The van der Waals surface area contributed by atoms with Crippen molar-refractivity contribution in [1.29, 1.82) is 5.26 Å². The van der Waals surface area contributed by atoms with Gasteiger partial charge in [-0.15, -0.1) is 10.2 Å². The minimum atomic E-state index is -0.945. The molecule has 0 bridgehead atoms. The summed E-state index contributed by atoms with van der Waals surface area (Å²) < 4.78 is 0.853. The zero-order chi connectivity index (χ0) is 16.2. The van der Waals surface area contributed by atoms with Gasteiger partial charge in [-0.1, -0.05) is 25.6 Å². The molecule has 1 aromatic rings. The lowest BCUT2D eigenvalue weighted by Crippen LogP contribution is -2.49. The molecular weight excluding hydrogens is 292 g/mol. The summed E-state index contributed by atoms with van der Waals surface area (Å²) in [7, 11) is 0. The molecule has 0 unspecified atom stereocenters. The Morgan fingerprint density at radius 2 is 2.19 bits per heavy atom. The van der Waals surface area contributed by atoms with Crippen molar-refractivity contribution in [2.75, 3.05) is 11.6 Å². The Balaban J connectivity index is 2.73. The number of thioether (sulfide) groups is 1. The number of aryl methyl sites for hydroxylation is 1. The molecule has 0 aliphatic rings. The second-order valence-corrected chi connectivity index (χ2v) is 5.99. The molecule has 114 valence electrons. The highest BCUT2D eigenvalue weighted by atomic mass is 32.2. The maximum absolute atomic E-state index is 11.9. The van der Waals surface area contributed by atoms with Crippen LogP contribution in [0.2, 0.25) is 0 Å². The fraction of sp³-hybridized carbons (Fsp3) is 0.583. The monoisotopic (exact) mass is 310 g/mol. The van der Waals surface area contributed by atoms with Crippen molar-refractivity contribution in [2.24, 2.45) is 5.92 Å². The molecule has 8 nitrogen and oxygen atoms in total. The topological polar surface area (TPSA) is 127 Å². The van der Waals surface area contributed by atoms with Crippen LogP contribution in [0.5, 0.6) is 0 Å². The number of nitrogen functional groups attached to an aromatic ring is 1. The Hall–Kier alpha value is -2.08. The van der Waals surface area contributed by atoms with E-state index in [2.05, 4.69) is 21.6 Å². The third-order valence-electron chi connectivity index (χ3n) is 3.14. The fourth-order valence-electron chi connectivity index (χ4n) is 1.33. The van der Waals surface area contributed by atoms with Crippen LogP contribution in [0.3, 0.4) is 0 Å². The molecule has 21 heavy (non-hydrogen) atoms. The van der Waals surface area contributed by atoms with Gasteiger partial charge in [-0.05, 0) is 19.8 Å². The average molecular weight is 310 g/mol. The Morgan fingerprint density at radius 3 is 2.71 bits per heavy atom. The summed E-state index contributed by atoms with van der Waals surface area (Å²) in [5, 5.41) is 19.4. The largest absolute Gasteiger partial charge is 0.337 e. The summed E-state index contributed by atoms with van der Waals surface area (Å²) in [4.78, 5) is 23.5. The van der Waals surface area contributed by atoms with Crippen molar-refractivity contribution in [3.8, 4) is 6.07 Å². The van der Waals surface area contributed by atoms with Crippen LogP contribution in [-0.4, -0.2) is 32.1 Å². The van der Waals surface area contributed by atoms with E-state index in [1.807, 2.05) is 13.8 Å². The van der Waals surface area contributed by atoms with E-state index in [0.29, 0.717) is 0 Å². The Kier molecular flexibility index (Phi) is 5.32. The molecule has 1 aromatic heterocycles. The van der Waals surface area contributed by atoms with E-state index >= 15 is 0 Å². The fourth-order valence-corrected chi connectivity index (χ4v) is 1.98. The molecule has 3 N–H and O–H groups in total. The Labute approximate surface area is 126 Å². The highest BCUT2D eigenvalue weighted by Crippen LogP contribution is 2.16. The first kappa shape index (κ1) is 17.0. The van der Waals surface area contributed by atoms with Gasteiger partial charge in [0.2, 0.25) is 11.1 Å². The van der Waals surface area contributed by atoms with E-state index in [9.17, 15) is 9.59 Å². The van der Waals surface area contributed by atoms with Crippen molar-refractivity contribution in [2.45, 2.75) is 38.4 Å². The van der Waals surface area contributed by atoms with Crippen LogP contribution in [0.15, 0.2) is 9.95 Å². The number of hydrogen-bond acceptors (Lipinski definition) is 7. The summed E-state index contributed by atoms with van der Waals surface area (Å²) in [6.07, 6.45) is 0. The van der Waals surface area contributed by atoms with Gasteiger partial charge >= 0.3 is 0 Å². The number of carbonyl (C=O) groups is 1. The van der Waals surface area contributed by atoms with Gasteiger partial charge in [0.15, 0.2) is 0 Å². The summed E-state index contributed by atoms with van der Waals surface area (Å²) in [5.41, 5.74) is -1.22. The van der Waals surface area contributed by atoms with Crippen LogP contribution in [0, 0.1) is 24.2 Å². The Morgan fingerprint density at radius 1 is 1.57 bits per heavy atom. The van der Waals surface area contributed by atoms with E-state index in [1.54, 1.807) is 6.92 Å². The maximum atomic E-state index is 11.9. The van der Waals surface area contributed by atoms with Gasteiger partial charge in [0.05, 0.1) is 11.8 Å². The lowest BCUT2D eigenvalue weighted by molar-refractivity contribution is -0.120.